The lowest BCUT2D eigenvalue weighted by Crippen LogP contribution is -3.17. The Hall–Kier alpha value is -2.00. The van der Waals surface area contributed by atoms with E-state index in [1.54, 1.807) is 12.1 Å². The van der Waals surface area contributed by atoms with E-state index in [-0.39, 0.29) is 17.6 Å². The molecule has 2 nitrogen and oxygen atoms in total. The molecule has 3 rings (SSSR count). The van der Waals surface area contributed by atoms with Gasteiger partial charge in [0.15, 0.2) is 6.04 Å². The number of carbonyl (C=O) groups is 1. The lowest BCUT2D eigenvalue weighted by atomic mass is 9.94. The maximum absolute atomic E-state index is 13.1. The van der Waals surface area contributed by atoms with Crippen LogP contribution in [0.25, 0.3) is 0 Å². The van der Waals surface area contributed by atoms with Gasteiger partial charge in [0.1, 0.15) is 5.82 Å². The second-order valence-corrected chi connectivity index (χ2v) is 6.33. The van der Waals surface area contributed by atoms with E-state index in [4.69, 9.17) is 0 Å². The van der Waals surface area contributed by atoms with Crippen LogP contribution in [0, 0.1) is 5.82 Å². The lowest BCUT2D eigenvalue weighted by Gasteiger charge is -2.31. The largest absolute Gasteiger partial charge is 0.326 e. The molecule has 1 atom stereocenters. The number of likely N-dealkylation sites (tertiary alicyclic amines) is 1. The minimum absolute atomic E-state index is 0.0804. The van der Waals surface area contributed by atoms with Crippen molar-refractivity contribution >= 4 is 5.78 Å². The van der Waals surface area contributed by atoms with Crippen LogP contribution in [0.4, 0.5) is 4.39 Å². The molecule has 0 amide bonds. The zero-order valence-electron chi connectivity index (χ0n) is 13.3. The number of carbonyl (C=O) groups excluding carboxylic acids is 1. The average Bonchev–Trinajstić information content (AvgIpc) is 2.61. The van der Waals surface area contributed by atoms with Gasteiger partial charge in [-0.1, -0.05) is 30.3 Å². The Kier molecular flexibility index (Phi) is 5.19. The van der Waals surface area contributed by atoms with Crippen LogP contribution in [0.3, 0.4) is 0 Å². The number of hydrogen-bond acceptors (Lipinski definition) is 1. The molecule has 0 bridgehead atoms. The molecule has 1 fully saturated rings. The van der Waals surface area contributed by atoms with E-state index in [0.29, 0.717) is 5.56 Å². The number of rotatable bonds is 5. The van der Waals surface area contributed by atoms with Crippen LogP contribution in [0.1, 0.15) is 35.2 Å². The zero-order chi connectivity index (χ0) is 16.1. The third-order valence-electron chi connectivity index (χ3n) is 4.72. The second-order valence-electron chi connectivity index (χ2n) is 6.33. The van der Waals surface area contributed by atoms with Gasteiger partial charge in [0.2, 0.25) is 5.78 Å². The second kappa shape index (κ2) is 7.51. The van der Waals surface area contributed by atoms with Crippen LogP contribution in [0.15, 0.2) is 54.6 Å². The molecule has 0 radical (unpaired) electrons. The molecule has 1 aliphatic rings. The molecule has 120 valence electrons. The number of halogens is 1. The van der Waals surface area contributed by atoms with Crippen molar-refractivity contribution in [3.8, 4) is 0 Å². The SMILES string of the molecule is O=C(c1ccc(F)cc1)[C@H](Cc1ccccc1)[NH+]1CCCCC1. The van der Waals surface area contributed by atoms with Crippen LogP contribution in [0.5, 0.6) is 0 Å². The summed E-state index contributed by atoms with van der Waals surface area (Å²) in [5.74, 6) is -0.169. The summed E-state index contributed by atoms with van der Waals surface area (Å²) >= 11 is 0. The predicted octanol–water partition coefficient (Wildman–Crippen LogP) is 2.69. The van der Waals surface area contributed by atoms with Crippen molar-refractivity contribution in [3.05, 3.63) is 71.5 Å². The van der Waals surface area contributed by atoms with Gasteiger partial charge in [-0.05, 0) is 49.1 Å². The minimum Gasteiger partial charge on any atom is -0.326 e. The molecular weight excluding hydrogens is 289 g/mol. The van der Waals surface area contributed by atoms with Gasteiger partial charge in [-0.3, -0.25) is 4.79 Å². The fourth-order valence-electron chi connectivity index (χ4n) is 3.44. The molecular formula is C20H23FNO+. The third-order valence-corrected chi connectivity index (χ3v) is 4.72. The molecule has 0 saturated carbocycles. The highest BCUT2D eigenvalue weighted by Crippen LogP contribution is 2.10. The topological polar surface area (TPSA) is 21.5 Å². The van der Waals surface area contributed by atoms with Crippen molar-refractivity contribution in [2.24, 2.45) is 0 Å². The summed E-state index contributed by atoms with van der Waals surface area (Å²) in [4.78, 5) is 14.4. The Bertz CT molecular complexity index is 632. The molecule has 0 spiro atoms. The lowest BCUT2D eigenvalue weighted by molar-refractivity contribution is -0.920. The highest BCUT2D eigenvalue weighted by atomic mass is 19.1. The van der Waals surface area contributed by atoms with Gasteiger partial charge >= 0.3 is 0 Å². The molecule has 1 heterocycles. The van der Waals surface area contributed by atoms with Gasteiger partial charge in [-0.25, -0.2) is 4.39 Å². The van der Waals surface area contributed by atoms with E-state index < -0.39 is 0 Å². The van der Waals surface area contributed by atoms with Crippen molar-refractivity contribution in [1.29, 1.82) is 0 Å². The van der Waals surface area contributed by atoms with Crippen LogP contribution in [-0.4, -0.2) is 24.9 Å². The van der Waals surface area contributed by atoms with Gasteiger partial charge in [-0.15, -0.1) is 0 Å². The summed E-state index contributed by atoms with van der Waals surface area (Å²) in [7, 11) is 0. The van der Waals surface area contributed by atoms with Gasteiger partial charge in [0, 0.05) is 12.0 Å². The Morgan fingerprint density at radius 2 is 1.61 bits per heavy atom. The standard InChI is InChI=1S/C20H22FNO/c21-18-11-9-17(10-12-18)20(23)19(22-13-5-2-6-14-22)15-16-7-3-1-4-8-16/h1,3-4,7-12,19H,2,5-6,13-15H2/p+1/t19-/m0/s1. The van der Waals surface area contributed by atoms with Crippen LogP contribution >= 0.6 is 0 Å². The molecule has 1 saturated heterocycles. The van der Waals surface area contributed by atoms with Crippen molar-refractivity contribution in [2.45, 2.75) is 31.7 Å². The van der Waals surface area contributed by atoms with E-state index in [0.717, 1.165) is 19.5 Å². The third kappa shape index (κ3) is 4.05. The molecule has 2 aromatic carbocycles. The first-order valence-corrected chi connectivity index (χ1v) is 8.42. The fourth-order valence-corrected chi connectivity index (χ4v) is 3.44. The fraction of sp³-hybridized carbons (Fsp3) is 0.350. The molecule has 0 aromatic heterocycles. The monoisotopic (exact) mass is 312 g/mol. The number of Topliss-reactive ketones (excluding diaryl/α,β-unsaturated/α-hetero) is 1. The van der Waals surface area contributed by atoms with E-state index in [9.17, 15) is 9.18 Å². The van der Waals surface area contributed by atoms with E-state index in [2.05, 4.69) is 12.1 Å². The first-order valence-electron chi connectivity index (χ1n) is 8.42. The Morgan fingerprint density at radius 1 is 0.957 bits per heavy atom. The number of piperidine rings is 1. The molecule has 0 unspecified atom stereocenters. The summed E-state index contributed by atoms with van der Waals surface area (Å²) in [6, 6.07) is 16.1. The number of benzene rings is 2. The normalized spacial score (nSPS) is 16.9. The number of hydrogen-bond donors (Lipinski definition) is 1. The predicted molar refractivity (Wildman–Crippen MR) is 89.2 cm³/mol. The first kappa shape index (κ1) is 15.9. The number of quaternary nitrogens is 1. The van der Waals surface area contributed by atoms with Gasteiger partial charge < -0.3 is 4.90 Å². The smallest absolute Gasteiger partial charge is 0.220 e. The van der Waals surface area contributed by atoms with E-state index >= 15 is 0 Å². The summed E-state index contributed by atoms with van der Waals surface area (Å²) in [6.07, 6.45) is 4.35. The van der Waals surface area contributed by atoms with Gasteiger partial charge in [0.25, 0.3) is 0 Å². The van der Waals surface area contributed by atoms with Crippen molar-refractivity contribution < 1.29 is 14.1 Å². The molecule has 0 aliphatic carbocycles. The van der Waals surface area contributed by atoms with Crippen LogP contribution in [-0.2, 0) is 6.42 Å². The average molecular weight is 312 g/mol. The quantitative estimate of drug-likeness (QED) is 0.842. The first-order chi connectivity index (χ1) is 11.2. The molecule has 23 heavy (non-hydrogen) atoms. The van der Waals surface area contributed by atoms with Gasteiger partial charge in [0.05, 0.1) is 13.1 Å². The van der Waals surface area contributed by atoms with Crippen molar-refractivity contribution in [3.63, 3.8) is 0 Å². The Balaban J connectivity index is 1.84. The molecule has 2 aromatic rings. The molecule has 1 aliphatic heterocycles. The molecule has 3 heteroatoms. The summed E-state index contributed by atoms with van der Waals surface area (Å²) in [5.41, 5.74) is 1.80. The van der Waals surface area contributed by atoms with Gasteiger partial charge in [-0.2, -0.15) is 0 Å². The zero-order valence-corrected chi connectivity index (χ0v) is 13.3. The highest BCUT2D eigenvalue weighted by Gasteiger charge is 2.31. The maximum atomic E-state index is 13.1. The highest BCUT2D eigenvalue weighted by molar-refractivity contribution is 5.99. The van der Waals surface area contributed by atoms with Crippen LogP contribution in [0.2, 0.25) is 0 Å². The number of ketones is 1. The van der Waals surface area contributed by atoms with Crippen LogP contribution < -0.4 is 4.90 Å². The van der Waals surface area contributed by atoms with Crippen molar-refractivity contribution in [2.75, 3.05) is 13.1 Å². The minimum atomic E-state index is -0.300. The van der Waals surface area contributed by atoms with E-state index in [1.807, 2.05) is 18.2 Å². The summed E-state index contributed by atoms with van der Waals surface area (Å²) in [5, 5.41) is 0. The Morgan fingerprint density at radius 3 is 2.26 bits per heavy atom. The maximum Gasteiger partial charge on any atom is 0.220 e. The van der Waals surface area contributed by atoms with Crippen molar-refractivity contribution in [1.82, 2.24) is 0 Å². The Labute approximate surface area is 136 Å². The summed E-state index contributed by atoms with van der Waals surface area (Å²) < 4.78 is 13.1. The van der Waals surface area contributed by atoms with E-state index in [1.165, 1.54) is 41.9 Å². The summed E-state index contributed by atoms with van der Waals surface area (Å²) in [6.45, 7) is 2.09. The number of nitrogens with one attached hydrogen (secondary N) is 1. The molecule has 1 N–H and O–H groups in total.